The van der Waals surface area contributed by atoms with E-state index in [1.165, 1.54) is 0 Å². The molecule has 29 heavy (non-hydrogen) atoms. The number of nitrogens with two attached hydrogens (primary N) is 1. The molecule has 0 saturated heterocycles. The molecule has 0 spiro atoms. The number of quaternary nitrogens is 1. The summed E-state index contributed by atoms with van der Waals surface area (Å²) >= 11 is 0. The molecule has 0 heterocycles. The summed E-state index contributed by atoms with van der Waals surface area (Å²) in [5.41, 5.74) is 2.06. The highest BCUT2D eigenvalue weighted by molar-refractivity contribution is 7.53. The van der Waals surface area contributed by atoms with Gasteiger partial charge in [-0.15, -0.1) is 0 Å². The Morgan fingerprint density at radius 3 is 1.90 bits per heavy atom. The first-order valence-corrected chi connectivity index (χ1v) is 11.8. The van der Waals surface area contributed by atoms with Crippen LogP contribution in [0.15, 0.2) is 54.6 Å². The van der Waals surface area contributed by atoms with Crippen molar-refractivity contribution in [3.63, 3.8) is 0 Å². The van der Waals surface area contributed by atoms with Crippen LogP contribution >= 0.6 is 7.60 Å². The highest BCUT2D eigenvalue weighted by atomic mass is 31.2. The van der Waals surface area contributed by atoms with E-state index < -0.39 is 13.4 Å². The van der Waals surface area contributed by atoms with E-state index in [0.29, 0.717) is 19.8 Å². The van der Waals surface area contributed by atoms with Gasteiger partial charge in [0.15, 0.2) is 0 Å². The molecule has 5 nitrogen and oxygen atoms in total. The molecule has 2 N–H and O–H groups in total. The average molecular weight is 421 g/mol. The number of ether oxygens (including phenoxy) is 1. The van der Waals surface area contributed by atoms with Gasteiger partial charge in [-0.2, -0.15) is 0 Å². The number of hydrogen-bond acceptors (Lipinski definition) is 4. The van der Waals surface area contributed by atoms with Crippen LogP contribution in [0.25, 0.3) is 0 Å². The van der Waals surface area contributed by atoms with Gasteiger partial charge in [-0.05, 0) is 36.1 Å². The largest absolute Gasteiger partial charge is 0.497 e. The molecule has 2 aromatic rings. The highest BCUT2D eigenvalue weighted by Crippen LogP contribution is 2.58. The lowest BCUT2D eigenvalue weighted by Crippen LogP contribution is -2.83. The standard InChI is InChI=1S/C23H34NO4P/c1-18(2)16-27-29(25,28-17-19(3)4)23(21-11-13-22(26-5)14-12-21)24-15-20-9-7-6-8-10-20/h6-14,18-19,23-24H,15-17H2,1-5H3/p+1/t23-/m1/s1. The van der Waals surface area contributed by atoms with E-state index in [4.69, 9.17) is 13.8 Å². The van der Waals surface area contributed by atoms with Crippen LogP contribution in [-0.4, -0.2) is 20.3 Å². The molecule has 0 aliphatic heterocycles. The SMILES string of the molecule is COc1ccc([C@H]([NH2+]Cc2ccccc2)P(=O)(OCC(C)C)OCC(C)C)cc1. The molecule has 0 unspecified atom stereocenters. The monoisotopic (exact) mass is 420 g/mol. The molecule has 0 aliphatic carbocycles. The van der Waals surface area contributed by atoms with Gasteiger partial charge in [-0.3, -0.25) is 4.57 Å². The van der Waals surface area contributed by atoms with E-state index in [0.717, 1.165) is 16.9 Å². The van der Waals surface area contributed by atoms with Crippen LogP contribution in [0, 0.1) is 11.8 Å². The first-order chi connectivity index (χ1) is 13.8. The third-order valence-corrected chi connectivity index (χ3v) is 6.60. The van der Waals surface area contributed by atoms with Crippen LogP contribution in [0.2, 0.25) is 0 Å². The Bertz CT molecular complexity index is 746. The maximum Gasteiger partial charge on any atom is 0.392 e. The first kappa shape index (κ1) is 23.6. The second-order valence-electron chi connectivity index (χ2n) is 8.06. The predicted octanol–water partition coefficient (Wildman–Crippen LogP) is 5.00. The molecule has 2 aromatic carbocycles. The number of hydrogen-bond donors (Lipinski definition) is 1. The smallest absolute Gasteiger partial charge is 0.392 e. The summed E-state index contributed by atoms with van der Waals surface area (Å²) in [5.74, 6) is 0.830. The summed E-state index contributed by atoms with van der Waals surface area (Å²) in [6.07, 6.45) is 0. The lowest BCUT2D eigenvalue weighted by atomic mass is 10.2. The van der Waals surface area contributed by atoms with Crippen LogP contribution in [0.3, 0.4) is 0 Å². The van der Waals surface area contributed by atoms with E-state index >= 15 is 0 Å². The molecule has 2 rings (SSSR count). The van der Waals surface area contributed by atoms with Crippen LogP contribution in [0.1, 0.15) is 44.6 Å². The minimum atomic E-state index is -3.42. The van der Waals surface area contributed by atoms with Crippen molar-refractivity contribution in [3.8, 4) is 5.75 Å². The summed E-state index contributed by atoms with van der Waals surface area (Å²) in [4.78, 5) is 0. The second-order valence-corrected chi connectivity index (χ2v) is 10.2. The molecule has 0 aromatic heterocycles. The van der Waals surface area contributed by atoms with Crippen molar-refractivity contribution in [1.82, 2.24) is 0 Å². The first-order valence-electron chi connectivity index (χ1n) is 10.2. The topological polar surface area (TPSA) is 61.4 Å². The molecule has 0 radical (unpaired) electrons. The van der Waals surface area contributed by atoms with Crippen LogP contribution in [0.4, 0.5) is 0 Å². The Morgan fingerprint density at radius 2 is 1.41 bits per heavy atom. The van der Waals surface area contributed by atoms with E-state index in [2.05, 4.69) is 17.4 Å². The molecule has 1 atom stereocenters. The molecule has 0 bridgehead atoms. The Labute approximate surface area is 175 Å². The zero-order valence-corrected chi connectivity index (χ0v) is 19.1. The maximum atomic E-state index is 14.0. The van der Waals surface area contributed by atoms with Crippen molar-refractivity contribution in [2.75, 3.05) is 20.3 Å². The minimum Gasteiger partial charge on any atom is -0.497 e. The third-order valence-electron chi connectivity index (χ3n) is 4.39. The third kappa shape index (κ3) is 7.60. The molecular formula is C23H35NO4P+. The molecule has 6 heteroatoms. The fourth-order valence-corrected chi connectivity index (χ4v) is 5.12. The van der Waals surface area contributed by atoms with Crippen molar-refractivity contribution < 1.29 is 23.7 Å². The quantitative estimate of drug-likeness (QED) is 0.491. The van der Waals surface area contributed by atoms with Crippen molar-refractivity contribution in [1.29, 1.82) is 0 Å². The molecule has 0 aliphatic rings. The fraction of sp³-hybridized carbons (Fsp3) is 0.478. The normalized spacial score (nSPS) is 13.1. The van der Waals surface area contributed by atoms with E-state index in [-0.39, 0.29) is 11.8 Å². The lowest BCUT2D eigenvalue weighted by Gasteiger charge is -2.27. The molecule has 0 saturated carbocycles. The summed E-state index contributed by atoms with van der Waals surface area (Å²) in [6.45, 7) is 9.64. The van der Waals surface area contributed by atoms with Gasteiger partial charge in [0, 0.05) is 11.1 Å². The van der Waals surface area contributed by atoms with Gasteiger partial charge in [0.25, 0.3) is 0 Å². The molecule has 160 valence electrons. The Hall–Kier alpha value is -1.65. The Kier molecular flexibility index (Phi) is 9.38. The summed E-state index contributed by atoms with van der Waals surface area (Å²) in [5, 5.41) is 2.05. The Morgan fingerprint density at radius 1 is 0.862 bits per heavy atom. The average Bonchev–Trinajstić information content (AvgIpc) is 2.72. The van der Waals surface area contributed by atoms with Gasteiger partial charge in [-0.25, -0.2) is 0 Å². The van der Waals surface area contributed by atoms with Crippen molar-refractivity contribution in [2.24, 2.45) is 11.8 Å². The Balaban J connectivity index is 2.34. The van der Waals surface area contributed by atoms with E-state index in [1.807, 2.05) is 70.2 Å². The molecular weight excluding hydrogens is 385 g/mol. The zero-order valence-electron chi connectivity index (χ0n) is 18.2. The lowest BCUT2D eigenvalue weighted by molar-refractivity contribution is -0.693. The highest BCUT2D eigenvalue weighted by Gasteiger charge is 2.41. The van der Waals surface area contributed by atoms with Crippen LogP contribution in [0.5, 0.6) is 5.75 Å². The van der Waals surface area contributed by atoms with E-state index in [1.54, 1.807) is 7.11 Å². The van der Waals surface area contributed by atoms with Gasteiger partial charge < -0.3 is 19.1 Å². The van der Waals surface area contributed by atoms with E-state index in [9.17, 15) is 4.57 Å². The summed E-state index contributed by atoms with van der Waals surface area (Å²) in [6, 6.07) is 17.8. The van der Waals surface area contributed by atoms with Crippen molar-refractivity contribution >= 4 is 7.60 Å². The van der Waals surface area contributed by atoms with Gasteiger partial charge in [-0.1, -0.05) is 58.0 Å². The maximum absolute atomic E-state index is 14.0. The fourth-order valence-electron chi connectivity index (χ4n) is 2.81. The molecule has 0 amide bonds. The number of rotatable bonds is 12. The van der Waals surface area contributed by atoms with Crippen molar-refractivity contribution in [3.05, 3.63) is 65.7 Å². The van der Waals surface area contributed by atoms with Crippen LogP contribution in [-0.2, 0) is 20.2 Å². The summed E-state index contributed by atoms with van der Waals surface area (Å²) < 4.78 is 31.2. The van der Waals surface area contributed by atoms with Gasteiger partial charge in [0.2, 0.25) is 5.78 Å². The van der Waals surface area contributed by atoms with Crippen LogP contribution < -0.4 is 10.1 Å². The van der Waals surface area contributed by atoms with Crippen molar-refractivity contribution in [2.45, 2.75) is 40.0 Å². The number of benzene rings is 2. The number of methoxy groups -OCH3 is 1. The second kappa shape index (κ2) is 11.5. The van der Waals surface area contributed by atoms with Gasteiger partial charge in [0.1, 0.15) is 12.3 Å². The predicted molar refractivity (Wildman–Crippen MR) is 117 cm³/mol. The van der Waals surface area contributed by atoms with Gasteiger partial charge >= 0.3 is 7.60 Å². The van der Waals surface area contributed by atoms with Gasteiger partial charge in [0.05, 0.1) is 20.3 Å². The molecule has 0 fully saturated rings. The minimum absolute atomic E-state index is 0.261. The summed E-state index contributed by atoms with van der Waals surface area (Å²) in [7, 11) is -1.78. The zero-order chi connectivity index (χ0) is 21.3.